The zero-order chi connectivity index (χ0) is 20.8. The number of amides is 3. The molecular formula is C20H21Cl2N3O3. The number of nitrogens with one attached hydrogen (secondary N) is 3. The highest BCUT2D eigenvalue weighted by atomic mass is 35.5. The molecule has 0 aliphatic rings. The maximum Gasteiger partial charge on any atom is 0.253 e. The van der Waals surface area contributed by atoms with Crippen LogP contribution in [0.1, 0.15) is 31.1 Å². The maximum atomic E-state index is 12.3. The molecule has 0 heterocycles. The van der Waals surface area contributed by atoms with Crippen molar-refractivity contribution in [2.45, 2.75) is 26.8 Å². The lowest BCUT2D eigenvalue weighted by Gasteiger charge is -2.15. The van der Waals surface area contributed by atoms with Gasteiger partial charge in [0, 0.05) is 17.3 Å². The molecule has 0 saturated carbocycles. The van der Waals surface area contributed by atoms with Crippen LogP contribution in [-0.2, 0) is 9.59 Å². The monoisotopic (exact) mass is 421 g/mol. The fraction of sp³-hybridized carbons (Fsp3) is 0.250. The molecule has 2 rings (SSSR count). The van der Waals surface area contributed by atoms with Crippen molar-refractivity contribution >= 4 is 52.3 Å². The Kier molecular flexibility index (Phi) is 7.43. The predicted octanol–water partition coefficient (Wildman–Crippen LogP) is 4.34. The van der Waals surface area contributed by atoms with Crippen LogP contribution in [0.15, 0.2) is 42.5 Å². The number of rotatable bonds is 6. The number of benzene rings is 2. The highest BCUT2D eigenvalue weighted by Crippen LogP contribution is 2.25. The third-order valence-electron chi connectivity index (χ3n) is 3.88. The van der Waals surface area contributed by atoms with Crippen LogP contribution in [0.3, 0.4) is 0 Å². The van der Waals surface area contributed by atoms with Gasteiger partial charge in [-0.25, -0.2) is 0 Å². The summed E-state index contributed by atoms with van der Waals surface area (Å²) < 4.78 is 0. The van der Waals surface area contributed by atoms with Gasteiger partial charge in [0.05, 0.1) is 15.6 Å². The van der Waals surface area contributed by atoms with Crippen LogP contribution >= 0.6 is 23.2 Å². The molecular weight excluding hydrogens is 401 g/mol. The molecule has 8 heteroatoms. The van der Waals surface area contributed by atoms with Crippen molar-refractivity contribution in [3.05, 3.63) is 58.1 Å². The molecule has 6 nitrogen and oxygen atoms in total. The molecule has 0 saturated heterocycles. The first kappa shape index (κ1) is 21.7. The summed E-state index contributed by atoms with van der Waals surface area (Å²) in [6.07, 6.45) is 0. The summed E-state index contributed by atoms with van der Waals surface area (Å²) in [5.74, 6) is -1.11. The highest BCUT2D eigenvalue weighted by Gasteiger charge is 2.19. The molecule has 3 amide bonds. The second-order valence-corrected chi connectivity index (χ2v) is 7.29. The molecule has 28 heavy (non-hydrogen) atoms. The third kappa shape index (κ3) is 5.71. The van der Waals surface area contributed by atoms with E-state index < -0.39 is 17.9 Å². The maximum absolute atomic E-state index is 12.3. The molecule has 1 unspecified atom stereocenters. The van der Waals surface area contributed by atoms with Crippen LogP contribution in [0.4, 0.5) is 11.4 Å². The normalized spacial score (nSPS) is 11.6. The number of hydrogen-bond donors (Lipinski definition) is 3. The molecule has 0 aromatic heterocycles. The minimum atomic E-state index is -0.803. The van der Waals surface area contributed by atoms with E-state index in [2.05, 4.69) is 16.0 Å². The van der Waals surface area contributed by atoms with Crippen molar-refractivity contribution in [1.82, 2.24) is 5.32 Å². The standard InChI is InChI=1S/C20H21Cl2N3O3/c1-11(2)18(26)24-13-7-9-14(10-8-13)25-19(27)12(3)23-20(28)15-5-4-6-16(21)17(15)22/h4-12H,1-3H3,(H,23,28)(H,24,26)(H,25,27). The number of anilines is 2. The van der Waals surface area contributed by atoms with Gasteiger partial charge in [-0.05, 0) is 43.3 Å². The first-order valence-corrected chi connectivity index (χ1v) is 9.41. The summed E-state index contributed by atoms with van der Waals surface area (Å²) in [5, 5.41) is 8.45. The molecule has 0 aliphatic heterocycles. The van der Waals surface area contributed by atoms with Gasteiger partial charge in [-0.1, -0.05) is 43.1 Å². The van der Waals surface area contributed by atoms with E-state index in [1.165, 1.54) is 6.07 Å². The Morgan fingerprint density at radius 2 is 1.36 bits per heavy atom. The fourth-order valence-corrected chi connectivity index (χ4v) is 2.58. The number of carbonyl (C=O) groups is 3. The van der Waals surface area contributed by atoms with Crippen molar-refractivity contribution in [3.8, 4) is 0 Å². The number of halogens is 2. The van der Waals surface area contributed by atoms with Crippen LogP contribution in [0.25, 0.3) is 0 Å². The van der Waals surface area contributed by atoms with Crippen molar-refractivity contribution in [2.24, 2.45) is 5.92 Å². The summed E-state index contributed by atoms with van der Waals surface area (Å²) >= 11 is 11.9. The van der Waals surface area contributed by atoms with Gasteiger partial charge in [-0.2, -0.15) is 0 Å². The van der Waals surface area contributed by atoms with E-state index in [0.29, 0.717) is 11.4 Å². The van der Waals surface area contributed by atoms with Gasteiger partial charge in [0.25, 0.3) is 5.91 Å². The van der Waals surface area contributed by atoms with E-state index in [1.54, 1.807) is 57.2 Å². The van der Waals surface area contributed by atoms with E-state index in [1.807, 2.05) is 0 Å². The van der Waals surface area contributed by atoms with Crippen molar-refractivity contribution < 1.29 is 14.4 Å². The smallest absolute Gasteiger partial charge is 0.253 e. The Morgan fingerprint density at radius 1 is 0.821 bits per heavy atom. The van der Waals surface area contributed by atoms with Crippen molar-refractivity contribution in [3.63, 3.8) is 0 Å². The van der Waals surface area contributed by atoms with Crippen LogP contribution in [0.2, 0.25) is 10.0 Å². The van der Waals surface area contributed by atoms with E-state index in [4.69, 9.17) is 23.2 Å². The predicted molar refractivity (Wildman–Crippen MR) is 112 cm³/mol. The van der Waals surface area contributed by atoms with Gasteiger partial charge >= 0.3 is 0 Å². The Labute approximate surface area is 173 Å². The van der Waals surface area contributed by atoms with Gasteiger partial charge < -0.3 is 16.0 Å². The highest BCUT2D eigenvalue weighted by molar-refractivity contribution is 6.43. The first-order chi connectivity index (χ1) is 13.2. The summed E-state index contributed by atoms with van der Waals surface area (Å²) in [4.78, 5) is 36.3. The Hall–Kier alpha value is -2.57. The lowest BCUT2D eigenvalue weighted by Crippen LogP contribution is -2.41. The zero-order valence-electron chi connectivity index (χ0n) is 15.7. The topological polar surface area (TPSA) is 87.3 Å². The van der Waals surface area contributed by atoms with Crippen LogP contribution in [0.5, 0.6) is 0 Å². The average Bonchev–Trinajstić information content (AvgIpc) is 2.65. The molecule has 2 aromatic carbocycles. The molecule has 0 spiro atoms. The van der Waals surface area contributed by atoms with E-state index in [-0.39, 0.29) is 27.4 Å². The minimum absolute atomic E-state index is 0.0900. The van der Waals surface area contributed by atoms with Crippen molar-refractivity contribution in [2.75, 3.05) is 10.6 Å². The summed E-state index contributed by atoms with van der Waals surface area (Å²) in [6, 6.07) is 10.6. The van der Waals surface area contributed by atoms with Gasteiger partial charge in [0.2, 0.25) is 11.8 Å². The average molecular weight is 422 g/mol. The van der Waals surface area contributed by atoms with E-state index >= 15 is 0 Å². The quantitative estimate of drug-likeness (QED) is 0.647. The van der Waals surface area contributed by atoms with Crippen molar-refractivity contribution in [1.29, 1.82) is 0 Å². The van der Waals surface area contributed by atoms with E-state index in [0.717, 1.165) is 0 Å². The SMILES string of the molecule is CC(C)C(=O)Nc1ccc(NC(=O)C(C)NC(=O)c2cccc(Cl)c2Cl)cc1. The fourth-order valence-electron chi connectivity index (χ4n) is 2.19. The second kappa shape index (κ2) is 9.57. The van der Waals surface area contributed by atoms with E-state index in [9.17, 15) is 14.4 Å². The zero-order valence-corrected chi connectivity index (χ0v) is 17.2. The van der Waals surface area contributed by atoms with Crippen LogP contribution in [0, 0.1) is 5.92 Å². The molecule has 0 radical (unpaired) electrons. The van der Waals surface area contributed by atoms with Gasteiger partial charge in [-0.3, -0.25) is 14.4 Å². The summed E-state index contributed by atoms with van der Waals surface area (Å²) in [6.45, 7) is 5.16. The lowest BCUT2D eigenvalue weighted by atomic mass is 10.2. The first-order valence-electron chi connectivity index (χ1n) is 8.65. The Bertz CT molecular complexity index is 883. The van der Waals surface area contributed by atoms with Gasteiger partial charge in [-0.15, -0.1) is 0 Å². The number of carbonyl (C=O) groups excluding carboxylic acids is 3. The molecule has 0 aliphatic carbocycles. The Morgan fingerprint density at radius 3 is 1.89 bits per heavy atom. The molecule has 0 bridgehead atoms. The second-order valence-electron chi connectivity index (χ2n) is 6.51. The number of hydrogen-bond acceptors (Lipinski definition) is 3. The lowest BCUT2D eigenvalue weighted by molar-refractivity contribution is -0.119. The van der Waals surface area contributed by atoms with Crippen LogP contribution in [-0.4, -0.2) is 23.8 Å². The molecule has 2 aromatic rings. The van der Waals surface area contributed by atoms with Gasteiger partial charge in [0.1, 0.15) is 6.04 Å². The summed E-state index contributed by atoms with van der Waals surface area (Å²) in [5.41, 5.74) is 1.36. The molecule has 148 valence electrons. The molecule has 1 atom stereocenters. The minimum Gasteiger partial charge on any atom is -0.340 e. The van der Waals surface area contributed by atoms with Crippen LogP contribution < -0.4 is 16.0 Å². The third-order valence-corrected chi connectivity index (χ3v) is 4.70. The molecule has 0 fully saturated rings. The largest absolute Gasteiger partial charge is 0.340 e. The van der Waals surface area contributed by atoms with Gasteiger partial charge in [0.15, 0.2) is 0 Å². The molecule has 3 N–H and O–H groups in total. The Balaban J connectivity index is 1.95. The summed E-state index contributed by atoms with van der Waals surface area (Å²) in [7, 11) is 0.